The minimum Gasteiger partial charge on any atom is -0.493 e. The lowest BCUT2D eigenvalue weighted by Gasteiger charge is -2.31. The van der Waals surface area contributed by atoms with Crippen molar-refractivity contribution in [2.45, 2.75) is 25.6 Å². The summed E-state index contributed by atoms with van der Waals surface area (Å²) in [6.45, 7) is 0.962. The molecule has 0 radical (unpaired) electrons. The van der Waals surface area contributed by atoms with Crippen LogP contribution in [0, 0.1) is 0 Å². The van der Waals surface area contributed by atoms with E-state index in [1.54, 1.807) is 24.3 Å². The van der Waals surface area contributed by atoms with Crippen LogP contribution in [0.25, 0.3) is 0 Å². The molecule has 0 aromatic heterocycles. The Hall–Kier alpha value is -3.56. The number of amides is 2. The van der Waals surface area contributed by atoms with Crippen LogP contribution in [0.1, 0.15) is 18.9 Å². The third-order valence-electron chi connectivity index (χ3n) is 4.43. The quantitative estimate of drug-likeness (QED) is 0.702. The van der Waals surface area contributed by atoms with E-state index in [1.807, 2.05) is 6.07 Å². The molecule has 1 aliphatic heterocycles. The number of benzene rings is 2. The van der Waals surface area contributed by atoms with Gasteiger partial charge in [-0.3, -0.25) is 19.3 Å². The number of nitrogens with one attached hydrogen (secondary N) is 1. The van der Waals surface area contributed by atoms with Gasteiger partial charge in [-0.15, -0.1) is 0 Å². The lowest BCUT2D eigenvalue weighted by molar-refractivity contribution is -0.154. The number of rotatable bonds is 6. The van der Waals surface area contributed by atoms with Crippen molar-refractivity contribution in [1.29, 1.82) is 0 Å². The molecule has 1 atom stereocenters. The summed E-state index contributed by atoms with van der Waals surface area (Å²) < 4.78 is 49.3. The van der Waals surface area contributed by atoms with Gasteiger partial charge in [0.1, 0.15) is 12.3 Å². The number of halogens is 3. The van der Waals surface area contributed by atoms with Gasteiger partial charge in [0, 0.05) is 0 Å². The Kier molecular flexibility index (Phi) is 6.47. The normalized spacial score (nSPS) is 14.3. The Morgan fingerprint density at radius 3 is 2.55 bits per heavy atom. The summed E-state index contributed by atoms with van der Waals surface area (Å²) in [5.41, 5.74) is -1.01. The lowest BCUT2D eigenvalue weighted by atomic mass is 10.1. The molecular formula is C21H19F3N2O5. The average Bonchev–Trinajstić information content (AvgIpc) is 2.72. The molecule has 0 saturated heterocycles. The van der Waals surface area contributed by atoms with Crippen molar-refractivity contribution < 1.29 is 37.0 Å². The molecule has 7 nitrogen and oxygen atoms in total. The maximum Gasteiger partial charge on any atom is 0.416 e. The molecule has 1 unspecified atom stereocenters. The topological polar surface area (TPSA) is 84.9 Å². The summed E-state index contributed by atoms with van der Waals surface area (Å²) in [6.07, 6.45) is -5.96. The van der Waals surface area contributed by atoms with Crippen LogP contribution in [0.15, 0.2) is 48.5 Å². The van der Waals surface area contributed by atoms with Crippen molar-refractivity contribution in [1.82, 2.24) is 0 Å². The molecule has 1 aliphatic rings. The first-order valence-electron chi connectivity index (χ1n) is 9.35. The van der Waals surface area contributed by atoms with E-state index in [2.05, 4.69) is 5.32 Å². The molecule has 2 aromatic carbocycles. The van der Waals surface area contributed by atoms with Gasteiger partial charge in [0.05, 0.1) is 30.0 Å². The highest BCUT2D eigenvalue weighted by Crippen LogP contribution is 2.37. The van der Waals surface area contributed by atoms with Crippen molar-refractivity contribution in [3.63, 3.8) is 0 Å². The second-order valence-electron chi connectivity index (χ2n) is 6.75. The number of carbonyl (C=O) groups is 3. The third kappa shape index (κ3) is 5.53. The fourth-order valence-electron chi connectivity index (χ4n) is 2.96. The molecule has 0 fully saturated rings. The number of alkyl halides is 3. The van der Waals surface area contributed by atoms with E-state index in [0.29, 0.717) is 5.75 Å². The standard InChI is InChI=1S/C21H19F3N2O5/c1-13(31-19(28)9-10-30-15-5-3-2-4-6-15)20(29)26-12-18(27)25-16-11-14(21(22,23)24)7-8-17(16)26/h2-8,11,13H,9-10,12H2,1H3,(H,25,27). The third-order valence-corrected chi connectivity index (χ3v) is 4.43. The van der Waals surface area contributed by atoms with Gasteiger partial charge in [-0.25, -0.2) is 0 Å². The van der Waals surface area contributed by atoms with Gasteiger partial charge in [-0.05, 0) is 37.3 Å². The van der Waals surface area contributed by atoms with Gasteiger partial charge in [0.2, 0.25) is 5.91 Å². The highest BCUT2D eigenvalue weighted by Gasteiger charge is 2.35. The van der Waals surface area contributed by atoms with Crippen molar-refractivity contribution in [2.75, 3.05) is 23.4 Å². The molecule has 10 heteroatoms. The molecular weight excluding hydrogens is 417 g/mol. The molecule has 2 aromatic rings. The zero-order chi connectivity index (χ0) is 22.6. The number of fused-ring (bicyclic) bond motifs is 1. The second kappa shape index (κ2) is 9.07. The van der Waals surface area contributed by atoms with Crippen LogP contribution in [0.5, 0.6) is 5.75 Å². The minimum absolute atomic E-state index is 0.0406. The molecule has 3 rings (SSSR count). The predicted molar refractivity (Wildman–Crippen MR) is 105 cm³/mol. The van der Waals surface area contributed by atoms with Crippen LogP contribution in [0.4, 0.5) is 24.5 Å². The zero-order valence-electron chi connectivity index (χ0n) is 16.4. The number of nitrogens with zero attached hydrogens (tertiary/aromatic N) is 1. The first-order valence-corrected chi connectivity index (χ1v) is 9.35. The van der Waals surface area contributed by atoms with Crippen LogP contribution >= 0.6 is 0 Å². The molecule has 0 bridgehead atoms. The number of carbonyl (C=O) groups excluding carboxylic acids is 3. The van der Waals surface area contributed by atoms with Gasteiger partial charge < -0.3 is 14.8 Å². The first kappa shape index (κ1) is 22.1. The van der Waals surface area contributed by atoms with Crippen molar-refractivity contribution in [3.8, 4) is 5.75 Å². The minimum atomic E-state index is -4.60. The summed E-state index contributed by atoms with van der Waals surface area (Å²) in [6, 6.07) is 11.5. The lowest BCUT2D eigenvalue weighted by Crippen LogP contribution is -2.47. The van der Waals surface area contributed by atoms with E-state index in [1.165, 1.54) is 6.92 Å². The fraction of sp³-hybridized carbons (Fsp3) is 0.286. The van der Waals surface area contributed by atoms with E-state index < -0.39 is 42.2 Å². The maximum atomic E-state index is 12.9. The Labute approximate surface area is 175 Å². The van der Waals surface area contributed by atoms with Crippen LogP contribution in [0.3, 0.4) is 0 Å². The van der Waals surface area contributed by atoms with Gasteiger partial charge in [-0.1, -0.05) is 18.2 Å². The number of para-hydroxylation sites is 1. The Morgan fingerprint density at radius 1 is 1.16 bits per heavy atom. The average molecular weight is 436 g/mol. The van der Waals surface area contributed by atoms with Crippen LogP contribution in [0.2, 0.25) is 0 Å². The number of ether oxygens (including phenoxy) is 2. The summed E-state index contributed by atoms with van der Waals surface area (Å²) in [7, 11) is 0. The SMILES string of the molecule is CC(OC(=O)CCOc1ccccc1)C(=O)N1CC(=O)Nc2cc(C(F)(F)F)ccc21. The summed E-state index contributed by atoms with van der Waals surface area (Å²) in [5.74, 6) is -1.50. The monoisotopic (exact) mass is 436 g/mol. The van der Waals surface area contributed by atoms with Crippen LogP contribution < -0.4 is 15.0 Å². The van der Waals surface area contributed by atoms with Gasteiger partial charge >= 0.3 is 12.1 Å². The molecule has 164 valence electrons. The van der Waals surface area contributed by atoms with Crippen molar-refractivity contribution >= 4 is 29.2 Å². The predicted octanol–water partition coefficient (Wildman–Crippen LogP) is 3.39. The molecule has 2 amide bonds. The second-order valence-corrected chi connectivity index (χ2v) is 6.75. The zero-order valence-corrected chi connectivity index (χ0v) is 16.4. The Morgan fingerprint density at radius 2 is 1.87 bits per heavy atom. The Balaban J connectivity index is 1.62. The van der Waals surface area contributed by atoms with Gasteiger partial charge in [0.15, 0.2) is 6.10 Å². The number of hydrogen-bond acceptors (Lipinski definition) is 5. The molecule has 0 aliphatic carbocycles. The van der Waals surface area contributed by atoms with E-state index in [-0.39, 0.29) is 24.4 Å². The molecule has 31 heavy (non-hydrogen) atoms. The maximum absolute atomic E-state index is 12.9. The van der Waals surface area contributed by atoms with Gasteiger partial charge in [0.25, 0.3) is 5.91 Å². The van der Waals surface area contributed by atoms with Gasteiger partial charge in [-0.2, -0.15) is 13.2 Å². The van der Waals surface area contributed by atoms with Crippen LogP contribution in [-0.4, -0.2) is 37.0 Å². The van der Waals surface area contributed by atoms with Crippen molar-refractivity contribution in [2.24, 2.45) is 0 Å². The van der Waals surface area contributed by atoms with E-state index >= 15 is 0 Å². The van der Waals surface area contributed by atoms with E-state index in [9.17, 15) is 27.6 Å². The van der Waals surface area contributed by atoms with Crippen LogP contribution in [-0.2, 0) is 25.3 Å². The highest BCUT2D eigenvalue weighted by molar-refractivity contribution is 6.11. The number of hydrogen-bond donors (Lipinski definition) is 1. The highest BCUT2D eigenvalue weighted by atomic mass is 19.4. The number of esters is 1. The number of anilines is 2. The first-order chi connectivity index (χ1) is 14.6. The van der Waals surface area contributed by atoms with Crippen molar-refractivity contribution in [3.05, 3.63) is 54.1 Å². The Bertz CT molecular complexity index is 979. The smallest absolute Gasteiger partial charge is 0.416 e. The summed E-state index contributed by atoms with van der Waals surface area (Å²) in [4.78, 5) is 37.7. The largest absolute Gasteiger partial charge is 0.493 e. The summed E-state index contributed by atoms with van der Waals surface area (Å²) >= 11 is 0. The molecule has 0 spiro atoms. The molecule has 1 heterocycles. The molecule has 0 saturated carbocycles. The van der Waals surface area contributed by atoms with E-state index in [0.717, 1.165) is 23.1 Å². The fourth-order valence-corrected chi connectivity index (χ4v) is 2.96. The van der Waals surface area contributed by atoms with E-state index in [4.69, 9.17) is 9.47 Å². The summed E-state index contributed by atoms with van der Waals surface area (Å²) in [5, 5.41) is 2.32. The molecule has 1 N–H and O–H groups in total.